The lowest BCUT2D eigenvalue weighted by Crippen LogP contribution is -2.45. The van der Waals surface area contributed by atoms with Crippen LogP contribution in [0.4, 0.5) is 5.69 Å². The van der Waals surface area contributed by atoms with E-state index in [1.807, 2.05) is 12.1 Å². The summed E-state index contributed by atoms with van der Waals surface area (Å²) in [6.45, 7) is 4.53. The summed E-state index contributed by atoms with van der Waals surface area (Å²) in [7, 11) is 0. The minimum Gasteiger partial charge on any atom is -0.390 e. The van der Waals surface area contributed by atoms with Gasteiger partial charge >= 0.3 is 0 Å². The number of hydrogen-bond donors (Lipinski definition) is 1. The normalized spacial score (nSPS) is 23.3. The summed E-state index contributed by atoms with van der Waals surface area (Å²) < 4.78 is 0. The molecule has 2 heterocycles. The van der Waals surface area contributed by atoms with Crippen LogP contribution in [-0.2, 0) is 0 Å². The summed E-state index contributed by atoms with van der Waals surface area (Å²) in [6, 6.07) is 14.8. The van der Waals surface area contributed by atoms with Gasteiger partial charge in [0.15, 0.2) is 0 Å². The van der Waals surface area contributed by atoms with Crippen molar-refractivity contribution < 1.29 is 9.90 Å². The van der Waals surface area contributed by atoms with Gasteiger partial charge in [-0.3, -0.25) is 9.69 Å². The van der Waals surface area contributed by atoms with E-state index >= 15 is 0 Å². The lowest BCUT2D eigenvalue weighted by molar-refractivity contribution is 0.0761. The molecule has 2 aromatic rings. The summed E-state index contributed by atoms with van der Waals surface area (Å²) in [5.74, 6) is -0.0548. The van der Waals surface area contributed by atoms with E-state index in [4.69, 9.17) is 23.2 Å². The molecule has 1 amide bonds. The molecule has 2 unspecified atom stereocenters. The van der Waals surface area contributed by atoms with Crippen molar-refractivity contribution in [3.63, 3.8) is 0 Å². The second-order valence-electron chi connectivity index (χ2n) is 7.70. The van der Waals surface area contributed by atoms with Crippen molar-refractivity contribution in [1.82, 2.24) is 9.80 Å². The van der Waals surface area contributed by atoms with E-state index in [-0.39, 0.29) is 11.9 Å². The van der Waals surface area contributed by atoms with E-state index in [9.17, 15) is 9.90 Å². The Morgan fingerprint density at radius 3 is 2.21 bits per heavy atom. The number of halogens is 2. The Bertz CT molecular complexity index is 844. The molecule has 1 N–H and O–H groups in total. The first kappa shape index (κ1) is 20.5. The first-order valence-corrected chi connectivity index (χ1v) is 10.7. The Morgan fingerprint density at radius 1 is 0.862 bits per heavy atom. The number of carbonyl (C=O) groups is 1. The van der Waals surface area contributed by atoms with Crippen LogP contribution in [0.5, 0.6) is 0 Å². The van der Waals surface area contributed by atoms with Crippen LogP contribution in [0.15, 0.2) is 48.5 Å². The fourth-order valence-corrected chi connectivity index (χ4v) is 4.50. The number of nitrogens with zero attached hydrogens (tertiary/aromatic N) is 3. The highest BCUT2D eigenvalue weighted by Gasteiger charge is 2.38. The molecule has 2 aliphatic heterocycles. The highest BCUT2D eigenvalue weighted by Crippen LogP contribution is 2.23. The van der Waals surface area contributed by atoms with Gasteiger partial charge in [0.05, 0.1) is 12.1 Å². The maximum absolute atomic E-state index is 12.8. The molecule has 0 aromatic heterocycles. The zero-order valence-corrected chi connectivity index (χ0v) is 17.7. The molecule has 0 bridgehead atoms. The van der Waals surface area contributed by atoms with E-state index in [2.05, 4.69) is 21.9 Å². The van der Waals surface area contributed by atoms with Crippen LogP contribution < -0.4 is 4.90 Å². The maximum Gasteiger partial charge on any atom is 0.253 e. The number of aliphatic hydroxyl groups excluding tert-OH is 1. The van der Waals surface area contributed by atoms with Gasteiger partial charge in [-0.1, -0.05) is 23.2 Å². The highest BCUT2D eigenvalue weighted by atomic mass is 35.5. The lowest BCUT2D eigenvalue weighted by Gasteiger charge is -2.29. The van der Waals surface area contributed by atoms with Gasteiger partial charge in [-0.15, -0.1) is 0 Å². The first-order chi connectivity index (χ1) is 14.0. The minimum absolute atomic E-state index is 0.0311. The topological polar surface area (TPSA) is 47.0 Å². The van der Waals surface area contributed by atoms with Crippen molar-refractivity contribution in [2.45, 2.75) is 18.6 Å². The van der Waals surface area contributed by atoms with Gasteiger partial charge in [0, 0.05) is 60.6 Å². The zero-order valence-electron chi connectivity index (χ0n) is 16.2. The van der Waals surface area contributed by atoms with Crippen molar-refractivity contribution >= 4 is 34.8 Å². The average Bonchev–Trinajstić information content (AvgIpc) is 2.95. The molecule has 2 aliphatic rings. The molecule has 2 fully saturated rings. The van der Waals surface area contributed by atoms with E-state index in [1.54, 1.807) is 29.2 Å². The van der Waals surface area contributed by atoms with E-state index in [0.717, 1.165) is 37.6 Å². The van der Waals surface area contributed by atoms with Gasteiger partial charge in [-0.25, -0.2) is 0 Å². The molecule has 154 valence electrons. The molecule has 7 heteroatoms. The number of β-amino-alcohol motifs (C(OH)–C–C–N with tert-alkyl or cyclic N) is 1. The SMILES string of the molecule is O=C(c1ccc(Cl)cc1)N1CC(O)C(N2CCCN(c3ccc(Cl)cc3)CC2)C1. The molecule has 0 spiro atoms. The van der Waals surface area contributed by atoms with Crippen molar-refractivity contribution in [3.05, 3.63) is 64.1 Å². The standard InChI is InChI=1S/C22H25Cl2N3O2/c23-17-4-2-16(3-5-17)22(29)27-14-20(21(28)15-27)26-11-1-10-25(12-13-26)19-8-6-18(24)7-9-19/h2-9,20-21,28H,1,10-15H2. The quantitative estimate of drug-likeness (QED) is 0.805. The third-order valence-electron chi connectivity index (χ3n) is 5.83. The highest BCUT2D eigenvalue weighted by molar-refractivity contribution is 6.30. The van der Waals surface area contributed by atoms with Crippen LogP contribution in [-0.4, -0.2) is 72.2 Å². The van der Waals surface area contributed by atoms with Crippen LogP contribution >= 0.6 is 23.2 Å². The monoisotopic (exact) mass is 433 g/mol. The third kappa shape index (κ3) is 4.69. The number of carbonyl (C=O) groups excluding carboxylic acids is 1. The molecule has 0 aliphatic carbocycles. The number of amides is 1. The summed E-state index contributed by atoms with van der Waals surface area (Å²) >= 11 is 11.9. The third-order valence-corrected chi connectivity index (χ3v) is 6.33. The van der Waals surface area contributed by atoms with Gasteiger partial charge < -0.3 is 14.9 Å². The van der Waals surface area contributed by atoms with Crippen molar-refractivity contribution in [2.24, 2.45) is 0 Å². The molecule has 2 saturated heterocycles. The average molecular weight is 434 g/mol. The van der Waals surface area contributed by atoms with Crippen LogP contribution in [0.1, 0.15) is 16.8 Å². The number of likely N-dealkylation sites (tertiary alicyclic amines) is 1. The van der Waals surface area contributed by atoms with E-state index in [0.29, 0.717) is 23.7 Å². The fourth-order valence-electron chi connectivity index (χ4n) is 4.25. The lowest BCUT2D eigenvalue weighted by atomic mass is 10.1. The van der Waals surface area contributed by atoms with E-state index < -0.39 is 6.10 Å². The molecule has 4 rings (SSSR count). The number of anilines is 1. The minimum atomic E-state index is -0.534. The first-order valence-electron chi connectivity index (χ1n) is 9.99. The number of benzene rings is 2. The van der Waals surface area contributed by atoms with Crippen molar-refractivity contribution in [2.75, 3.05) is 44.2 Å². The zero-order chi connectivity index (χ0) is 20.4. The predicted molar refractivity (Wildman–Crippen MR) is 117 cm³/mol. The maximum atomic E-state index is 12.8. The molecule has 0 radical (unpaired) electrons. The van der Waals surface area contributed by atoms with Crippen molar-refractivity contribution in [1.29, 1.82) is 0 Å². The molecule has 5 nitrogen and oxygen atoms in total. The van der Waals surface area contributed by atoms with Crippen LogP contribution in [0.2, 0.25) is 10.0 Å². The number of aliphatic hydroxyl groups is 1. The Hall–Kier alpha value is -1.79. The van der Waals surface area contributed by atoms with Crippen LogP contribution in [0.25, 0.3) is 0 Å². The Morgan fingerprint density at radius 2 is 1.52 bits per heavy atom. The largest absolute Gasteiger partial charge is 0.390 e. The Labute approximate surface area is 181 Å². The number of hydrogen-bond acceptors (Lipinski definition) is 4. The second kappa shape index (κ2) is 8.92. The van der Waals surface area contributed by atoms with Gasteiger partial charge in [0.25, 0.3) is 5.91 Å². The van der Waals surface area contributed by atoms with Gasteiger partial charge in [0.2, 0.25) is 0 Å². The van der Waals surface area contributed by atoms with Crippen LogP contribution in [0.3, 0.4) is 0 Å². The van der Waals surface area contributed by atoms with Gasteiger partial charge in [-0.05, 0) is 55.0 Å². The molecule has 29 heavy (non-hydrogen) atoms. The van der Waals surface area contributed by atoms with Gasteiger partial charge in [0.1, 0.15) is 0 Å². The molecule has 2 aromatic carbocycles. The summed E-state index contributed by atoms with van der Waals surface area (Å²) in [5.41, 5.74) is 1.77. The second-order valence-corrected chi connectivity index (χ2v) is 8.58. The van der Waals surface area contributed by atoms with E-state index in [1.165, 1.54) is 5.69 Å². The van der Waals surface area contributed by atoms with Gasteiger partial charge in [-0.2, -0.15) is 0 Å². The summed E-state index contributed by atoms with van der Waals surface area (Å²) in [5, 5.41) is 12.0. The van der Waals surface area contributed by atoms with Crippen molar-refractivity contribution in [3.8, 4) is 0 Å². The summed E-state index contributed by atoms with van der Waals surface area (Å²) in [6.07, 6.45) is 0.477. The molecular weight excluding hydrogens is 409 g/mol. The molecule has 0 saturated carbocycles. The Kier molecular flexibility index (Phi) is 6.30. The number of rotatable bonds is 3. The fraction of sp³-hybridized carbons (Fsp3) is 0.409. The summed E-state index contributed by atoms with van der Waals surface area (Å²) in [4.78, 5) is 19.2. The Balaban J connectivity index is 1.39. The predicted octanol–water partition coefficient (Wildman–Crippen LogP) is 3.39. The molecule has 2 atom stereocenters. The van der Waals surface area contributed by atoms with Crippen LogP contribution in [0, 0.1) is 0 Å². The molecular formula is C22H25Cl2N3O2. The smallest absolute Gasteiger partial charge is 0.253 e.